The van der Waals surface area contributed by atoms with Crippen molar-refractivity contribution in [3.63, 3.8) is 0 Å². The average Bonchev–Trinajstić information content (AvgIpc) is 2.40. The first-order valence-electron chi connectivity index (χ1n) is 5.92. The van der Waals surface area contributed by atoms with E-state index >= 15 is 0 Å². The van der Waals surface area contributed by atoms with Gasteiger partial charge in [-0.15, -0.1) is 0 Å². The van der Waals surface area contributed by atoms with Gasteiger partial charge in [0, 0.05) is 5.71 Å². The molecule has 0 radical (unpaired) electrons. The number of rotatable bonds is 3. The molecule has 0 saturated carbocycles. The minimum atomic E-state index is 0.205. The van der Waals surface area contributed by atoms with Crippen molar-refractivity contribution in [3.05, 3.63) is 71.8 Å². The summed E-state index contributed by atoms with van der Waals surface area (Å²) in [6, 6.07) is 20.9. The summed E-state index contributed by atoms with van der Waals surface area (Å²) >= 11 is 0. The molecule has 0 N–H and O–H groups in total. The van der Waals surface area contributed by atoms with Gasteiger partial charge in [0.05, 0.1) is 6.04 Å². The standard InChI is InChI=1S/C16H17N/c1-13(15-9-5-3-6-10-15)17-14(2)16-11-7-4-8-12-16/h3-13H,1-2H3. The van der Waals surface area contributed by atoms with Crippen molar-refractivity contribution in [2.45, 2.75) is 19.9 Å². The fourth-order valence-electron chi connectivity index (χ4n) is 1.85. The third kappa shape index (κ3) is 3.04. The van der Waals surface area contributed by atoms with Crippen LogP contribution < -0.4 is 0 Å². The van der Waals surface area contributed by atoms with Crippen molar-refractivity contribution >= 4 is 5.71 Å². The van der Waals surface area contributed by atoms with Crippen molar-refractivity contribution < 1.29 is 0 Å². The molecular weight excluding hydrogens is 206 g/mol. The normalized spacial score (nSPS) is 13.4. The molecule has 2 aromatic carbocycles. The summed E-state index contributed by atoms with van der Waals surface area (Å²) in [5.41, 5.74) is 3.53. The highest BCUT2D eigenvalue weighted by Gasteiger charge is 2.03. The van der Waals surface area contributed by atoms with Gasteiger partial charge in [0.2, 0.25) is 0 Å². The Morgan fingerprint density at radius 1 is 0.882 bits per heavy atom. The van der Waals surface area contributed by atoms with Gasteiger partial charge in [-0.05, 0) is 25.0 Å². The van der Waals surface area contributed by atoms with Gasteiger partial charge in [0.15, 0.2) is 0 Å². The van der Waals surface area contributed by atoms with Crippen LogP contribution in [0, 0.1) is 0 Å². The Balaban J connectivity index is 2.20. The smallest absolute Gasteiger partial charge is 0.0724 e. The first-order chi connectivity index (χ1) is 8.27. The zero-order valence-corrected chi connectivity index (χ0v) is 10.3. The summed E-state index contributed by atoms with van der Waals surface area (Å²) in [6.07, 6.45) is 0. The van der Waals surface area contributed by atoms with Crippen LogP contribution in [0.1, 0.15) is 31.0 Å². The van der Waals surface area contributed by atoms with Crippen molar-refractivity contribution in [3.8, 4) is 0 Å². The summed E-state index contributed by atoms with van der Waals surface area (Å²) < 4.78 is 0. The van der Waals surface area contributed by atoms with E-state index in [0.29, 0.717) is 0 Å². The Bertz CT molecular complexity index is 485. The van der Waals surface area contributed by atoms with Crippen LogP contribution in [0.4, 0.5) is 0 Å². The molecular formula is C16H17N. The molecule has 1 heteroatoms. The lowest BCUT2D eigenvalue weighted by molar-refractivity contribution is 0.819. The van der Waals surface area contributed by atoms with Gasteiger partial charge >= 0.3 is 0 Å². The number of hydrogen-bond donors (Lipinski definition) is 0. The SMILES string of the molecule is CC(=NC(C)c1ccccc1)c1ccccc1. The Kier molecular flexibility index (Phi) is 3.71. The van der Waals surface area contributed by atoms with E-state index in [1.54, 1.807) is 0 Å². The lowest BCUT2D eigenvalue weighted by Crippen LogP contribution is -1.98. The lowest BCUT2D eigenvalue weighted by atomic mass is 10.1. The van der Waals surface area contributed by atoms with Crippen LogP contribution in [0.15, 0.2) is 65.7 Å². The lowest BCUT2D eigenvalue weighted by Gasteiger charge is -2.09. The Morgan fingerprint density at radius 2 is 1.41 bits per heavy atom. The molecule has 1 atom stereocenters. The van der Waals surface area contributed by atoms with Crippen molar-refractivity contribution in [1.82, 2.24) is 0 Å². The van der Waals surface area contributed by atoms with Crippen LogP contribution in [-0.2, 0) is 0 Å². The minimum Gasteiger partial charge on any atom is -0.282 e. The molecule has 0 bridgehead atoms. The summed E-state index contributed by atoms with van der Waals surface area (Å²) in [4.78, 5) is 4.73. The predicted molar refractivity (Wildman–Crippen MR) is 73.5 cm³/mol. The molecule has 1 unspecified atom stereocenters. The summed E-state index contributed by atoms with van der Waals surface area (Å²) in [5, 5.41) is 0. The van der Waals surface area contributed by atoms with Gasteiger partial charge in [-0.2, -0.15) is 0 Å². The second-order valence-corrected chi connectivity index (χ2v) is 4.17. The highest BCUT2D eigenvalue weighted by Crippen LogP contribution is 2.17. The van der Waals surface area contributed by atoms with E-state index in [2.05, 4.69) is 50.2 Å². The van der Waals surface area contributed by atoms with Crippen LogP contribution in [0.2, 0.25) is 0 Å². The Morgan fingerprint density at radius 3 is 2.00 bits per heavy atom. The molecule has 0 fully saturated rings. The van der Waals surface area contributed by atoms with E-state index in [0.717, 1.165) is 5.71 Å². The second-order valence-electron chi connectivity index (χ2n) is 4.17. The number of nitrogens with zero attached hydrogens (tertiary/aromatic N) is 1. The fourth-order valence-corrected chi connectivity index (χ4v) is 1.85. The fraction of sp³-hybridized carbons (Fsp3) is 0.188. The van der Waals surface area contributed by atoms with Gasteiger partial charge in [0.25, 0.3) is 0 Å². The third-order valence-electron chi connectivity index (χ3n) is 2.86. The topological polar surface area (TPSA) is 12.4 Å². The summed E-state index contributed by atoms with van der Waals surface area (Å²) in [5.74, 6) is 0. The molecule has 2 rings (SSSR count). The van der Waals surface area contributed by atoms with Crippen LogP contribution in [0.5, 0.6) is 0 Å². The number of benzene rings is 2. The van der Waals surface area contributed by atoms with E-state index in [9.17, 15) is 0 Å². The highest BCUT2D eigenvalue weighted by atomic mass is 14.8. The quantitative estimate of drug-likeness (QED) is 0.689. The molecule has 17 heavy (non-hydrogen) atoms. The zero-order valence-electron chi connectivity index (χ0n) is 10.3. The maximum Gasteiger partial charge on any atom is 0.0724 e. The van der Waals surface area contributed by atoms with Gasteiger partial charge in [-0.25, -0.2) is 0 Å². The van der Waals surface area contributed by atoms with Crippen LogP contribution in [0.3, 0.4) is 0 Å². The highest BCUT2D eigenvalue weighted by molar-refractivity contribution is 5.98. The van der Waals surface area contributed by atoms with Crippen molar-refractivity contribution in [1.29, 1.82) is 0 Å². The first-order valence-corrected chi connectivity index (χ1v) is 5.92. The predicted octanol–water partition coefficient (Wildman–Crippen LogP) is 4.26. The molecule has 2 aromatic rings. The van der Waals surface area contributed by atoms with Gasteiger partial charge in [-0.3, -0.25) is 4.99 Å². The number of aliphatic imine (C=N–C) groups is 1. The average molecular weight is 223 g/mol. The monoisotopic (exact) mass is 223 g/mol. The first kappa shape index (κ1) is 11.6. The maximum atomic E-state index is 4.73. The molecule has 86 valence electrons. The van der Waals surface area contributed by atoms with Crippen molar-refractivity contribution in [2.24, 2.45) is 4.99 Å². The van der Waals surface area contributed by atoms with Gasteiger partial charge < -0.3 is 0 Å². The van der Waals surface area contributed by atoms with Crippen molar-refractivity contribution in [2.75, 3.05) is 0 Å². The molecule has 0 spiro atoms. The van der Waals surface area contributed by atoms with Crippen LogP contribution >= 0.6 is 0 Å². The minimum absolute atomic E-state index is 0.205. The molecule has 0 aliphatic carbocycles. The second kappa shape index (κ2) is 5.44. The Hall–Kier alpha value is -1.89. The largest absolute Gasteiger partial charge is 0.282 e. The van der Waals surface area contributed by atoms with Crippen LogP contribution in [0.25, 0.3) is 0 Å². The third-order valence-corrected chi connectivity index (χ3v) is 2.86. The summed E-state index contributed by atoms with van der Waals surface area (Å²) in [6.45, 7) is 4.19. The van der Waals surface area contributed by atoms with Crippen LogP contribution in [-0.4, -0.2) is 5.71 Å². The van der Waals surface area contributed by atoms with Gasteiger partial charge in [0.1, 0.15) is 0 Å². The molecule has 0 aliphatic heterocycles. The molecule has 0 saturated heterocycles. The molecule has 1 nitrogen and oxygen atoms in total. The van der Waals surface area contributed by atoms with Gasteiger partial charge in [-0.1, -0.05) is 60.7 Å². The molecule has 0 heterocycles. The molecule has 0 aliphatic rings. The van der Waals surface area contributed by atoms with E-state index in [4.69, 9.17) is 4.99 Å². The van der Waals surface area contributed by atoms with E-state index < -0.39 is 0 Å². The van der Waals surface area contributed by atoms with E-state index in [-0.39, 0.29) is 6.04 Å². The number of hydrogen-bond acceptors (Lipinski definition) is 1. The molecule has 0 amide bonds. The maximum absolute atomic E-state index is 4.73. The molecule has 0 aromatic heterocycles. The zero-order chi connectivity index (χ0) is 12.1. The Labute approximate surface area is 103 Å². The van der Waals surface area contributed by atoms with E-state index in [1.165, 1.54) is 11.1 Å². The van der Waals surface area contributed by atoms with E-state index in [1.807, 2.05) is 24.3 Å². The summed E-state index contributed by atoms with van der Waals surface area (Å²) in [7, 11) is 0.